The van der Waals surface area contributed by atoms with Gasteiger partial charge in [0.15, 0.2) is 0 Å². The van der Waals surface area contributed by atoms with Crippen molar-refractivity contribution >= 4 is 6.29 Å². The van der Waals surface area contributed by atoms with Crippen LogP contribution in [-0.2, 0) is 20.1 Å². The zero-order chi connectivity index (χ0) is 12.1. The molecule has 0 atom stereocenters. The number of hydrogen-bond acceptors (Lipinski definition) is 3. The molecule has 0 aliphatic carbocycles. The first-order chi connectivity index (χ1) is 8.16. The molecule has 2 aromatic carbocycles. The van der Waals surface area contributed by atoms with Gasteiger partial charge < -0.3 is 0 Å². The predicted molar refractivity (Wildman–Crippen MR) is 61.7 cm³/mol. The molecule has 0 aliphatic rings. The van der Waals surface area contributed by atoms with Gasteiger partial charge in [-0.25, -0.2) is 0 Å². The van der Waals surface area contributed by atoms with Crippen molar-refractivity contribution < 1.29 is 29.2 Å². The van der Waals surface area contributed by atoms with Crippen LogP contribution in [0.5, 0.6) is 11.5 Å². The molecular weight excluding hydrogens is 279 g/mol. The van der Waals surface area contributed by atoms with Crippen molar-refractivity contribution in [2.45, 2.75) is 0 Å². The van der Waals surface area contributed by atoms with Gasteiger partial charge in [-0.15, -0.1) is 0 Å². The SMILES string of the molecule is O=[P]([Fe])(Oc1ccccc1)Oc1ccccc1. The molecule has 17 heavy (non-hydrogen) atoms. The van der Waals surface area contributed by atoms with Gasteiger partial charge in [0.05, 0.1) is 0 Å². The Bertz CT molecular complexity index is 470. The molecule has 2 aromatic rings. The fourth-order valence-electron chi connectivity index (χ4n) is 1.23. The van der Waals surface area contributed by atoms with Gasteiger partial charge in [0, 0.05) is 0 Å². The van der Waals surface area contributed by atoms with Crippen molar-refractivity contribution in [3.63, 3.8) is 0 Å². The predicted octanol–water partition coefficient (Wildman–Crippen LogP) is 3.80. The van der Waals surface area contributed by atoms with Crippen LogP contribution in [0.25, 0.3) is 0 Å². The minimum absolute atomic E-state index is 0.474. The average molecular weight is 289 g/mol. The Balaban J connectivity index is 2.07. The summed E-state index contributed by atoms with van der Waals surface area (Å²) in [5, 5.41) is 0. The summed E-state index contributed by atoms with van der Waals surface area (Å²) in [5.74, 6) is 0.948. The first-order valence-corrected chi connectivity index (χ1v) is 7.83. The molecule has 0 radical (unpaired) electrons. The molecule has 0 fully saturated rings. The summed E-state index contributed by atoms with van der Waals surface area (Å²) in [6.07, 6.45) is -3.39. The third-order valence-electron chi connectivity index (χ3n) is 1.91. The Morgan fingerprint density at radius 2 is 1.12 bits per heavy atom. The fraction of sp³-hybridized carbons (Fsp3) is 0. The molecule has 0 heterocycles. The van der Waals surface area contributed by atoms with E-state index in [1.807, 2.05) is 12.1 Å². The van der Waals surface area contributed by atoms with Crippen molar-refractivity contribution in [2.24, 2.45) is 0 Å². The molecule has 0 bridgehead atoms. The molecule has 2 rings (SSSR count). The summed E-state index contributed by atoms with van der Waals surface area (Å²) in [7, 11) is 0. The summed E-state index contributed by atoms with van der Waals surface area (Å²) in [5.41, 5.74) is 0. The molecule has 0 amide bonds. The molecule has 0 N–H and O–H groups in total. The van der Waals surface area contributed by atoms with E-state index in [9.17, 15) is 4.57 Å². The zero-order valence-electron chi connectivity index (χ0n) is 8.80. The maximum atomic E-state index is 12.0. The van der Waals surface area contributed by atoms with E-state index in [0.717, 1.165) is 0 Å². The minimum atomic E-state index is -3.39. The van der Waals surface area contributed by atoms with Gasteiger partial charge in [-0.1, -0.05) is 0 Å². The Labute approximate surface area is 108 Å². The Morgan fingerprint density at radius 1 is 0.765 bits per heavy atom. The molecule has 5 heteroatoms. The molecule has 0 aliphatic heterocycles. The van der Waals surface area contributed by atoms with Crippen molar-refractivity contribution in [1.82, 2.24) is 0 Å². The topological polar surface area (TPSA) is 35.5 Å². The number of para-hydroxylation sites is 2. The van der Waals surface area contributed by atoms with E-state index in [4.69, 9.17) is 9.05 Å². The third-order valence-corrected chi connectivity index (χ3v) is 3.36. The fourth-order valence-corrected chi connectivity index (χ4v) is 2.70. The van der Waals surface area contributed by atoms with E-state index >= 15 is 0 Å². The van der Waals surface area contributed by atoms with Crippen LogP contribution in [-0.4, -0.2) is 0 Å². The second-order valence-electron chi connectivity index (χ2n) is 3.23. The normalized spacial score (nSPS) is 10.9. The molecule has 0 unspecified atom stereocenters. The van der Waals surface area contributed by atoms with Gasteiger partial charge in [0.25, 0.3) is 0 Å². The van der Waals surface area contributed by atoms with Crippen LogP contribution < -0.4 is 9.05 Å². The molecule has 0 saturated carbocycles. The van der Waals surface area contributed by atoms with Crippen molar-refractivity contribution in [3.8, 4) is 11.5 Å². The van der Waals surface area contributed by atoms with Crippen LogP contribution in [0.2, 0.25) is 0 Å². The van der Waals surface area contributed by atoms with Gasteiger partial charge in [0.1, 0.15) is 0 Å². The summed E-state index contributed by atoms with van der Waals surface area (Å²) in [4.78, 5) is 0. The summed E-state index contributed by atoms with van der Waals surface area (Å²) in [6, 6.07) is 17.7. The Hall–Kier alpha value is -1.21. The first-order valence-electron chi connectivity index (χ1n) is 4.94. The maximum absolute atomic E-state index is 12.0. The van der Waals surface area contributed by atoms with Gasteiger partial charge in [-0.2, -0.15) is 0 Å². The molecule has 3 nitrogen and oxygen atoms in total. The van der Waals surface area contributed by atoms with Crippen molar-refractivity contribution in [2.75, 3.05) is 0 Å². The molecule has 0 spiro atoms. The number of hydrogen-bond donors (Lipinski definition) is 0. The van der Waals surface area contributed by atoms with Crippen LogP contribution >= 0.6 is 6.29 Å². The second kappa shape index (κ2) is 5.41. The van der Waals surface area contributed by atoms with Gasteiger partial charge in [0.2, 0.25) is 0 Å². The Kier molecular flexibility index (Phi) is 3.90. The number of rotatable bonds is 4. The number of benzene rings is 2. The zero-order valence-corrected chi connectivity index (χ0v) is 10.8. The molecular formula is C12H10FeO3P. The van der Waals surface area contributed by atoms with Crippen LogP contribution in [0.15, 0.2) is 60.7 Å². The summed E-state index contributed by atoms with van der Waals surface area (Å²) in [6.45, 7) is 0. The first kappa shape index (κ1) is 12.3. The van der Waals surface area contributed by atoms with E-state index in [-0.39, 0.29) is 0 Å². The Morgan fingerprint density at radius 3 is 1.47 bits per heavy atom. The molecule has 0 aromatic heterocycles. The monoisotopic (exact) mass is 289 g/mol. The van der Waals surface area contributed by atoms with E-state index in [2.05, 4.69) is 15.6 Å². The van der Waals surface area contributed by atoms with E-state index < -0.39 is 6.29 Å². The summed E-state index contributed by atoms with van der Waals surface area (Å²) < 4.78 is 22.5. The van der Waals surface area contributed by atoms with Gasteiger partial charge in [-0.3, -0.25) is 0 Å². The van der Waals surface area contributed by atoms with Crippen molar-refractivity contribution in [1.29, 1.82) is 0 Å². The van der Waals surface area contributed by atoms with Gasteiger partial charge in [-0.05, 0) is 0 Å². The average Bonchev–Trinajstić information content (AvgIpc) is 2.30. The molecule has 0 saturated heterocycles. The van der Waals surface area contributed by atoms with Crippen LogP contribution in [0.3, 0.4) is 0 Å². The standard InChI is InChI=1S/C12H10O3P.Fe/c13-16(14-11-7-3-1-4-8-11)15-12-9-5-2-6-10-12;/h1-10H;/q+1;-1. The summed E-state index contributed by atoms with van der Waals surface area (Å²) >= 11 is 3.47. The molecule has 89 valence electrons. The van der Waals surface area contributed by atoms with Crippen LogP contribution in [0.4, 0.5) is 0 Å². The van der Waals surface area contributed by atoms with Crippen LogP contribution in [0, 0.1) is 0 Å². The van der Waals surface area contributed by atoms with Crippen molar-refractivity contribution in [3.05, 3.63) is 60.7 Å². The van der Waals surface area contributed by atoms with E-state index in [0.29, 0.717) is 11.5 Å². The third kappa shape index (κ3) is 3.94. The van der Waals surface area contributed by atoms with E-state index in [1.165, 1.54) is 0 Å². The van der Waals surface area contributed by atoms with Gasteiger partial charge >= 0.3 is 108 Å². The quantitative estimate of drug-likeness (QED) is 0.634. The van der Waals surface area contributed by atoms with Crippen LogP contribution in [0.1, 0.15) is 0 Å². The second-order valence-corrected chi connectivity index (χ2v) is 6.24. The van der Waals surface area contributed by atoms with E-state index in [1.54, 1.807) is 48.5 Å².